The Morgan fingerprint density at radius 2 is 1.88 bits per heavy atom. The molecule has 5 heteroatoms. The summed E-state index contributed by atoms with van der Waals surface area (Å²) >= 11 is 0. The van der Waals surface area contributed by atoms with Crippen LogP contribution in [0.15, 0.2) is 30.3 Å². The zero-order valence-electron chi connectivity index (χ0n) is 14.8. The lowest BCUT2D eigenvalue weighted by atomic mass is 9.90. The third-order valence-corrected chi connectivity index (χ3v) is 4.51. The van der Waals surface area contributed by atoms with Crippen LogP contribution in [0.2, 0.25) is 0 Å². The summed E-state index contributed by atoms with van der Waals surface area (Å²) in [6.07, 6.45) is 0.896. The van der Waals surface area contributed by atoms with Crippen molar-refractivity contribution >= 4 is 5.82 Å². The first kappa shape index (κ1) is 17.8. The van der Waals surface area contributed by atoms with Crippen molar-refractivity contribution in [1.29, 1.82) is 0 Å². The summed E-state index contributed by atoms with van der Waals surface area (Å²) in [6.45, 7) is 6.12. The monoisotopic (exact) mass is 346 g/mol. The number of nitrogens with one attached hydrogen (secondary N) is 1. The van der Waals surface area contributed by atoms with Crippen molar-refractivity contribution in [3.8, 4) is 0 Å². The lowest BCUT2D eigenvalue weighted by Crippen LogP contribution is -2.27. The summed E-state index contributed by atoms with van der Waals surface area (Å²) in [4.78, 5) is 4.58. The molecule has 25 heavy (non-hydrogen) atoms. The predicted molar refractivity (Wildman–Crippen MR) is 94.6 cm³/mol. The molecule has 0 fully saturated rings. The predicted octanol–water partition coefficient (Wildman–Crippen LogP) is 4.72. The number of hydrogen-bond acceptors (Lipinski definition) is 3. The molecule has 0 saturated carbocycles. The minimum absolute atomic E-state index is 0.135. The molecule has 1 aromatic carbocycles. The summed E-state index contributed by atoms with van der Waals surface area (Å²) in [6, 6.07) is 8.09. The lowest BCUT2D eigenvalue weighted by molar-refractivity contribution is 0.160. The highest BCUT2D eigenvalue weighted by atomic mass is 19.2. The molecule has 1 aliphatic rings. The van der Waals surface area contributed by atoms with E-state index in [1.807, 2.05) is 32.9 Å². The van der Waals surface area contributed by atoms with Gasteiger partial charge in [-0.3, -0.25) is 0 Å². The number of benzene rings is 1. The van der Waals surface area contributed by atoms with Crippen LogP contribution in [0.25, 0.3) is 0 Å². The first-order valence-corrected chi connectivity index (χ1v) is 8.64. The van der Waals surface area contributed by atoms with E-state index in [0.29, 0.717) is 36.3 Å². The van der Waals surface area contributed by atoms with E-state index < -0.39 is 17.7 Å². The van der Waals surface area contributed by atoms with E-state index in [1.165, 1.54) is 6.07 Å². The van der Waals surface area contributed by atoms with Gasteiger partial charge in [0.15, 0.2) is 11.6 Å². The topological polar surface area (TPSA) is 45.2 Å². The van der Waals surface area contributed by atoms with Crippen molar-refractivity contribution in [3.05, 3.63) is 58.8 Å². The zero-order chi connectivity index (χ0) is 18.2. The van der Waals surface area contributed by atoms with Gasteiger partial charge in [0.2, 0.25) is 0 Å². The normalized spacial score (nSPS) is 20.7. The molecule has 2 atom stereocenters. The Balaban J connectivity index is 1.93. The first-order valence-electron chi connectivity index (χ1n) is 8.64. The number of hydrogen-bond donors (Lipinski definition) is 2. The molecule has 0 radical (unpaired) electrons. The number of nitrogens with zero attached hydrogens (tertiary/aromatic N) is 1. The Kier molecular flexibility index (Phi) is 4.78. The van der Waals surface area contributed by atoms with Crippen LogP contribution in [-0.2, 0) is 6.42 Å². The molecule has 134 valence electrons. The third kappa shape index (κ3) is 3.98. The van der Waals surface area contributed by atoms with E-state index in [4.69, 9.17) is 0 Å². The largest absolute Gasteiger partial charge is 0.387 e. The van der Waals surface area contributed by atoms with E-state index >= 15 is 0 Å². The van der Waals surface area contributed by atoms with Crippen LogP contribution in [0.5, 0.6) is 0 Å². The number of fused-ring (bicyclic) bond motifs is 1. The van der Waals surface area contributed by atoms with Crippen molar-refractivity contribution < 1.29 is 13.9 Å². The fourth-order valence-corrected chi connectivity index (χ4v) is 3.38. The van der Waals surface area contributed by atoms with Crippen molar-refractivity contribution in [2.45, 2.75) is 57.6 Å². The van der Waals surface area contributed by atoms with Gasteiger partial charge in [0.25, 0.3) is 0 Å². The summed E-state index contributed by atoms with van der Waals surface area (Å²) in [7, 11) is 0. The average Bonchev–Trinajstić information content (AvgIpc) is 2.68. The van der Waals surface area contributed by atoms with Gasteiger partial charge in [-0.2, -0.15) is 0 Å². The minimum Gasteiger partial charge on any atom is -0.387 e. The van der Waals surface area contributed by atoms with Crippen LogP contribution in [0.1, 0.15) is 62.5 Å². The van der Waals surface area contributed by atoms with E-state index in [2.05, 4.69) is 10.3 Å². The van der Waals surface area contributed by atoms with Gasteiger partial charge in [0, 0.05) is 5.54 Å². The van der Waals surface area contributed by atoms with Crippen LogP contribution in [0, 0.1) is 11.6 Å². The number of aliphatic hydroxyl groups excluding tert-OH is 1. The maximum absolute atomic E-state index is 14.2. The van der Waals surface area contributed by atoms with Crippen molar-refractivity contribution in [1.82, 2.24) is 4.98 Å². The number of rotatable bonds is 2. The molecule has 0 aliphatic heterocycles. The number of anilines is 1. The second-order valence-corrected chi connectivity index (χ2v) is 7.75. The molecule has 1 heterocycles. The van der Waals surface area contributed by atoms with Crippen LogP contribution in [0.3, 0.4) is 0 Å². The highest BCUT2D eigenvalue weighted by molar-refractivity contribution is 5.42. The fourth-order valence-electron chi connectivity index (χ4n) is 3.38. The highest BCUT2D eigenvalue weighted by Crippen LogP contribution is 2.37. The molecule has 1 aromatic heterocycles. The average molecular weight is 346 g/mol. The van der Waals surface area contributed by atoms with E-state index in [-0.39, 0.29) is 11.5 Å². The summed E-state index contributed by atoms with van der Waals surface area (Å²) in [5.74, 6) is -1.08. The number of aliphatic hydroxyl groups is 1. The second kappa shape index (κ2) is 6.71. The van der Waals surface area contributed by atoms with Gasteiger partial charge in [0.1, 0.15) is 5.82 Å². The van der Waals surface area contributed by atoms with Crippen LogP contribution in [-0.4, -0.2) is 15.6 Å². The molecule has 0 saturated heterocycles. The number of aromatic nitrogens is 1. The van der Waals surface area contributed by atoms with E-state index in [0.717, 1.165) is 11.6 Å². The standard InChI is InChI=1S/C20H24F2N2O/c1-20(2,3)24-17-10-8-13-11-12(7-9-16(25)19(13)23-17)14-5-4-6-15(21)18(14)22/h4-6,8,10,12,16,25H,7,9,11H2,1-3H3,(H,23,24)/t12-,16-/m1/s1. The Morgan fingerprint density at radius 3 is 2.60 bits per heavy atom. The van der Waals surface area contributed by atoms with E-state index in [1.54, 1.807) is 6.07 Å². The van der Waals surface area contributed by atoms with Crippen molar-refractivity contribution in [2.24, 2.45) is 0 Å². The molecule has 2 N–H and O–H groups in total. The Bertz CT molecular complexity index is 771. The molecule has 0 amide bonds. The Morgan fingerprint density at radius 1 is 1.12 bits per heavy atom. The lowest BCUT2D eigenvalue weighted by Gasteiger charge is -2.22. The van der Waals surface area contributed by atoms with Crippen molar-refractivity contribution in [2.75, 3.05) is 5.32 Å². The van der Waals surface area contributed by atoms with Gasteiger partial charge in [-0.25, -0.2) is 13.8 Å². The number of pyridine rings is 1. The van der Waals surface area contributed by atoms with Crippen LogP contribution < -0.4 is 5.32 Å². The molecular formula is C20H24F2N2O. The second-order valence-electron chi connectivity index (χ2n) is 7.75. The maximum atomic E-state index is 14.2. The molecule has 0 bridgehead atoms. The summed E-state index contributed by atoms with van der Waals surface area (Å²) in [5.41, 5.74) is 1.76. The highest BCUT2D eigenvalue weighted by Gasteiger charge is 2.27. The fraction of sp³-hybridized carbons (Fsp3) is 0.450. The maximum Gasteiger partial charge on any atom is 0.162 e. The smallest absolute Gasteiger partial charge is 0.162 e. The summed E-state index contributed by atoms with van der Waals surface area (Å²) in [5, 5.41) is 13.8. The first-order chi connectivity index (χ1) is 11.7. The zero-order valence-corrected chi connectivity index (χ0v) is 14.8. The third-order valence-electron chi connectivity index (χ3n) is 4.51. The molecular weight excluding hydrogens is 322 g/mol. The van der Waals surface area contributed by atoms with Gasteiger partial charge in [-0.1, -0.05) is 18.2 Å². The molecule has 0 unspecified atom stereocenters. The minimum atomic E-state index is -0.828. The van der Waals surface area contributed by atoms with Gasteiger partial charge in [-0.05, 0) is 69.2 Å². The Labute approximate surface area is 147 Å². The molecule has 3 rings (SSSR count). The number of halogens is 2. The quantitative estimate of drug-likeness (QED) is 0.773. The molecule has 1 aliphatic carbocycles. The van der Waals surface area contributed by atoms with Crippen LogP contribution in [0.4, 0.5) is 14.6 Å². The summed E-state index contributed by atoms with van der Waals surface area (Å²) < 4.78 is 27.8. The Hall–Kier alpha value is -2.01. The van der Waals surface area contributed by atoms with Gasteiger partial charge < -0.3 is 10.4 Å². The van der Waals surface area contributed by atoms with Gasteiger partial charge >= 0.3 is 0 Å². The van der Waals surface area contributed by atoms with Crippen molar-refractivity contribution in [3.63, 3.8) is 0 Å². The molecule has 2 aromatic rings. The molecule has 0 spiro atoms. The molecule has 3 nitrogen and oxygen atoms in total. The van der Waals surface area contributed by atoms with Gasteiger partial charge in [0.05, 0.1) is 11.8 Å². The SMILES string of the molecule is CC(C)(C)Nc1ccc2c(n1)[C@H](O)CC[C@@H](c1cccc(F)c1F)C2. The van der Waals surface area contributed by atoms with E-state index in [9.17, 15) is 13.9 Å². The van der Waals surface area contributed by atoms with Crippen LogP contribution >= 0.6 is 0 Å². The van der Waals surface area contributed by atoms with Gasteiger partial charge in [-0.15, -0.1) is 0 Å².